The summed E-state index contributed by atoms with van der Waals surface area (Å²) in [6, 6.07) is 3.49. The predicted octanol–water partition coefficient (Wildman–Crippen LogP) is 2.31. The van der Waals surface area contributed by atoms with Gasteiger partial charge in [0.15, 0.2) is 0 Å². The van der Waals surface area contributed by atoms with Crippen molar-refractivity contribution < 1.29 is 4.39 Å². The molecule has 0 saturated heterocycles. The van der Waals surface area contributed by atoms with Crippen molar-refractivity contribution in [2.24, 2.45) is 0 Å². The Morgan fingerprint density at radius 2 is 2.13 bits per heavy atom. The van der Waals surface area contributed by atoms with Gasteiger partial charge in [-0.2, -0.15) is 0 Å². The monoisotopic (exact) mass is 205 g/mol. The largest absolute Gasteiger partial charge is 0.396 e. The molecule has 3 nitrogen and oxygen atoms in total. The number of hydrogen-bond acceptors (Lipinski definition) is 3. The molecule has 3 N–H and O–H groups in total. The molecule has 0 saturated carbocycles. The van der Waals surface area contributed by atoms with Gasteiger partial charge >= 0.3 is 0 Å². The third-order valence-corrected chi connectivity index (χ3v) is 2.44. The quantitative estimate of drug-likeness (QED) is 0.751. The van der Waals surface area contributed by atoms with Crippen LogP contribution in [0.1, 0.15) is 5.56 Å². The van der Waals surface area contributed by atoms with E-state index in [-0.39, 0.29) is 5.82 Å². The zero-order chi connectivity index (χ0) is 11.0. The molecule has 4 heteroatoms. The first kappa shape index (κ1) is 9.71. The van der Waals surface area contributed by atoms with Gasteiger partial charge in [0.25, 0.3) is 0 Å². The smallest absolute Gasteiger partial charge is 0.137 e. The van der Waals surface area contributed by atoms with Crippen LogP contribution in [0.3, 0.4) is 0 Å². The number of aryl methyl sites for hydroxylation is 1. The zero-order valence-corrected chi connectivity index (χ0v) is 8.63. The Hall–Kier alpha value is -1.84. The van der Waals surface area contributed by atoms with Crippen molar-refractivity contribution in [1.82, 2.24) is 4.98 Å². The Bertz CT molecular complexity index is 517. The van der Waals surface area contributed by atoms with Crippen molar-refractivity contribution >= 4 is 22.3 Å². The number of pyridine rings is 1. The van der Waals surface area contributed by atoms with Crippen LogP contribution in [-0.4, -0.2) is 12.0 Å². The lowest BCUT2D eigenvalue weighted by Crippen LogP contribution is -2.00. The molecule has 2 aromatic rings. The highest BCUT2D eigenvalue weighted by Crippen LogP contribution is 2.30. The second-order valence-electron chi connectivity index (χ2n) is 3.43. The molecule has 0 radical (unpaired) electrons. The molecular formula is C11H12FN3. The number of hydrogen-bond donors (Lipinski definition) is 2. The molecule has 15 heavy (non-hydrogen) atoms. The minimum atomic E-state index is -0.267. The summed E-state index contributed by atoms with van der Waals surface area (Å²) in [6.07, 6.45) is 1.53. The summed E-state index contributed by atoms with van der Waals surface area (Å²) in [6.45, 7) is 1.72. The minimum absolute atomic E-state index is 0.267. The summed E-state index contributed by atoms with van der Waals surface area (Å²) in [4.78, 5) is 4.09. The normalized spacial score (nSPS) is 10.6. The number of nitrogens with one attached hydrogen (secondary N) is 1. The van der Waals surface area contributed by atoms with Crippen LogP contribution in [0.2, 0.25) is 0 Å². The zero-order valence-electron chi connectivity index (χ0n) is 8.63. The first-order valence-corrected chi connectivity index (χ1v) is 4.66. The Morgan fingerprint density at radius 3 is 2.80 bits per heavy atom. The van der Waals surface area contributed by atoms with Crippen LogP contribution in [0, 0.1) is 12.7 Å². The number of anilines is 2. The van der Waals surface area contributed by atoms with Gasteiger partial charge < -0.3 is 11.1 Å². The second kappa shape index (κ2) is 3.38. The molecule has 0 spiro atoms. The van der Waals surface area contributed by atoms with Gasteiger partial charge in [0.1, 0.15) is 5.82 Å². The molecule has 0 bridgehead atoms. The second-order valence-corrected chi connectivity index (χ2v) is 3.43. The highest BCUT2D eigenvalue weighted by Gasteiger charge is 2.11. The Morgan fingerprint density at radius 1 is 1.40 bits per heavy atom. The molecule has 0 atom stereocenters. The van der Waals surface area contributed by atoms with Crippen molar-refractivity contribution in [2.45, 2.75) is 6.92 Å². The van der Waals surface area contributed by atoms with Crippen LogP contribution >= 0.6 is 0 Å². The number of benzene rings is 1. The standard InChI is InChI=1S/C11H12FN3/c1-6-3-4-8-9(10(6)12)11(14-2)7(13)5-15-8/h3-5H,13H2,1-2H3,(H,14,15). The van der Waals surface area contributed by atoms with E-state index in [1.165, 1.54) is 6.20 Å². The van der Waals surface area contributed by atoms with Gasteiger partial charge in [0.05, 0.1) is 28.5 Å². The Kier molecular flexibility index (Phi) is 2.19. The third kappa shape index (κ3) is 1.38. The summed E-state index contributed by atoms with van der Waals surface area (Å²) in [5.74, 6) is -0.267. The maximum absolute atomic E-state index is 13.9. The first-order chi connectivity index (χ1) is 7.15. The number of nitrogen functional groups attached to an aromatic ring is 1. The van der Waals surface area contributed by atoms with Crippen molar-refractivity contribution in [3.05, 3.63) is 29.7 Å². The van der Waals surface area contributed by atoms with Crippen molar-refractivity contribution in [3.63, 3.8) is 0 Å². The Balaban J connectivity index is 2.94. The van der Waals surface area contributed by atoms with E-state index in [9.17, 15) is 4.39 Å². The lowest BCUT2D eigenvalue weighted by atomic mass is 10.1. The molecule has 0 amide bonds. The van der Waals surface area contributed by atoms with E-state index < -0.39 is 0 Å². The van der Waals surface area contributed by atoms with Crippen LogP contribution < -0.4 is 11.1 Å². The lowest BCUT2D eigenvalue weighted by molar-refractivity contribution is 0.630. The van der Waals surface area contributed by atoms with Crippen molar-refractivity contribution in [2.75, 3.05) is 18.1 Å². The highest BCUT2D eigenvalue weighted by atomic mass is 19.1. The molecule has 0 fully saturated rings. The molecule has 1 aromatic heterocycles. The van der Waals surface area contributed by atoms with Gasteiger partial charge in [0.2, 0.25) is 0 Å². The van der Waals surface area contributed by atoms with Crippen LogP contribution in [0.5, 0.6) is 0 Å². The van der Waals surface area contributed by atoms with Crippen LogP contribution in [-0.2, 0) is 0 Å². The molecule has 0 aliphatic carbocycles. The Labute approximate surface area is 87.1 Å². The van der Waals surface area contributed by atoms with E-state index in [0.717, 1.165) is 0 Å². The summed E-state index contributed by atoms with van der Waals surface area (Å²) < 4.78 is 13.9. The fourth-order valence-electron chi connectivity index (χ4n) is 1.63. The molecule has 1 heterocycles. The molecule has 78 valence electrons. The highest BCUT2D eigenvalue weighted by molar-refractivity contribution is 5.97. The number of rotatable bonds is 1. The summed E-state index contributed by atoms with van der Waals surface area (Å²) in [5.41, 5.74) is 7.97. The van der Waals surface area contributed by atoms with Gasteiger partial charge in [0, 0.05) is 7.05 Å². The third-order valence-electron chi connectivity index (χ3n) is 2.44. The number of fused-ring (bicyclic) bond motifs is 1. The number of nitrogens with zero attached hydrogens (tertiary/aromatic N) is 1. The van der Waals surface area contributed by atoms with Crippen molar-refractivity contribution in [3.8, 4) is 0 Å². The fraction of sp³-hybridized carbons (Fsp3) is 0.182. The average molecular weight is 205 g/mol. The topological polar surface area (TPSA) is 50.9 Å². The number of aromatic nitrogens is 1. The van der Waals surface area contributed by atoms with Gasteiger partial charge in [-0.1, -0.05) is 6.07 Å². The predicted molar refractivity (Wildman–Crippen MR) is 60.4 cm³/mol. The minimum Gasteiger partial charge on any atom is -0.396 e. The lowest BCUT2D eigenvalue weighted by Gasteiger charge is -2.10. The summed E-state index contributed by atoms with van der Waals surface area (Å²) in [5, 5.41) is 3.36. The molecule has 0 unspecified atom stereocenters. The van der Waals surface area contributed by atoms with Crippen LogP contribution in [0.15, 0.2) is 18.3 Å². The first-order valence-electron chi connectivity index (χ1n) is 4.66. The molecule has 1 aromatic carbocycles. The maximum Gasteiger partial charge on any atom is 0.137 e. The number of halogens is 1. The molecule has 0 aliphatic heterocycles. The summed E-state index contributed by atoms with van der Waals surface area (Å²) >= 11 is 0. The van der Waals surface area contributed by atoms with E-state index in [2.05, 4.69) is 10.3 Å². The van der Waals surface area contributed by atoms with Crippen molar-refractivity contribution in [1.29, 1.82) is 0 Å². The van der Waals surface area contributed by atoms with Crippen LogP contribution in [0.4, 0.5) is 15.8 Å². The van der Waals surface area contributed by atoms with E-state index in [4.69, 9.17) is 5.73 Å². The fourth-order valence-corrected chi connectivity index (χ4v) is 1.63. The molecule has 0 aliphatic rings. The van der Waals surface area contributed by atoms with Gasteiger partial charge in [-0.05, 0) is 18.6 Å². The van der Waals surface area contributed by atoms with Gasteiger partial charge in [-0.3, -0.25) is 4.98 Å². The molecule has 2 rings (SSSR count). The SMILES string of the molecule is CNc1c(N)cnc2ccc(C)c(F)c12. The van der Waals surface area contributed by atoms with E-state index in [0.29, 0.717) is 27.8 Å². The van der Waals surface area contributed by atoms with E-state index in [1.807, 2.05) is 0 Å². The van der Waals surface area contributed by atoms with Gasteiger partial charge in [-0.15, -0.1) is 0 Å². The summed E-state index contributed by atoms with van der Waals surface area (Å²) in [7, 11) is 1.72. The average Bonchev–Trinajstić information content (AvgIpc) is 2.24. The van der Waals surface area contributed by atoms with E-state index in [1.54, 1.807) is 26.1 Å². The number of nitrogens with two attached hydrogens (primary N) is 1. The molecular weight excluding hydrogens is 193 g/mol. The van der Waals surface area contributed by atoms with Crippen LogP contribution in [0.25, 0.3) is 10.9 Å². The van der Waals surface area contributed by atoms with E-state index >= 15 is 0 Å². The maximum atomic E-state index is 13.9. The van der Waals surface area contributed by atoms with Gasteiger partial charge in [-0.25, -0.2) is 4.39 Å².